The number of rotatable bonds is 8. The first-order chi connectivity index (χ1) is 20.5. The van der Waals surface area contributed by atoms with Crippen LogP contribution in [-0.2, 0) is 30.4 Å². The van der Waals surface area contributed by atoms with E-state index >= 15 is 0 Å². The molecule has 1 heterocycles. The van der Waals surface area contributed by atoms with Crippen LogP contribution in [0.1, 0.15) is 32.8 Å². The summed E-state index contributed by atoms with van der Waals surface area (Å²) < 4.78 is 5.62. The number of aliphatic hydroxyl groups is 1. The van der Waals surface area contributed by atoms with E-state index in [-0.39, 0.29) is 45.0 Å². The standard InChI is InChI=1S/C31H41N5O7/c1-20(2)27-31(42)33-24(18-22-10-6-4-7-11-22)29(40)35-28(21(3)37)30(41)32-15-16-36(19-25(38)34-27)26(39)14-17-43-23-12-8-5-9-13-23/h4-13,20-21,24,27-28,37H,14-19H2,1-3H3,(H,32,41)(H,33,42)(H,34,38)(H,35,40)/t21-,24+,27-,28+/m1/s1. The van der Waals surface area contributed by atoms with Crippen molar-refractivity contribution >= 4 is 29.5 Å². The number of amides is 5. The molecular weight excluding hydrogens is 554 g/mol. The number of hydrogen-bond acceptors (Lipinski definition) is 7. The van der Waals surface area contributed by atoms with Crippen LogP contribution < -0.4 is 26.0 Å². The second kappa shape index (κ2) is 16.3. The number of nitrogens with zero attached hydrogens (tertiary/aromatic N) is 1. The van der Waals surface area contributed by atoms with Gasteiger partial charge in [0.2, 0.25) is 29.5 Å². The van der Waals surface area contributed by atoms with Crippen LogP contribution in [0.2, 0.25) is 0 Å². The lowest BCUT2D eigenvalue weighted by molar-refractivity contribution is -0.138. The molecule has 12 heteroatoms. The molecule has 12 nitrogen and oxygen atoms in total. The Balaban J connectivity index is 1.82. The van der Waals surface area contributed by atoms with Crippen molar-refractivity contribution < 1.29 is 33.8 Å². The normalized spacial score (nSPS) is 21.4. The van der Waals surface area contributed by atoms with Gasteiger partial charge in [-0.05, 0) is 30.5 Å². The molecule has 5 amide bonds. The molecule has 1 saturated heterocycles. The molecule has 4 atom stereocenters. The quantitative estimate of drug-likeness (QED) is 0.290. The Morgan fingerprint density at radius 3 is 2.16 bits per heavy atom. The zero-order valence-corrected chi connectivity index (χ0v) is 24.7. The van der Waals surface area contributed by atoms with Crippen molar-refractivity contribution in [3.63, 3.8) is 0 Å². The maximum absolute atomic E-state index is 13.4. The monoisotopic (exact) mass is 595 g/mol. The van der Waals surface area contributed by atoms with Crippen LogP contribution in [0.15, 0.2) is 60.7 Å². The molecular formula is C31H41N5O7. The number of benzene rings is 2. The van der Waals surface area contributed by atoms with E-state index in [1.54, 1.807) is 50.2 Å². The third kappa shape index (κ3) is 10.4. The van der Waals surface area contributed by atoms with Crippen LogP contribution in [0.5, 0.6) is 5.75 Å². The SMILES string of the molecule is CC(C)[C@H]1NC(=O)CN(C(=O)CCOc2ccccc2)CCNC(=O)[C@H]([C@@H](C)O)NC(=O)[C@H](Cc2ccccc2)NC1=O. The van der Waals surface area contributed by atoms with E-state index in [0.717, 1.165) is 5.56 Å². The average Bonchev–Trinajstić information content (AvgIpc) is 2.98. The number of hydrogen-bond donors (Lipinski definition) is 5. The van der Waals surface area contributed by atoms with Crippen LogP contribution in [-0.4, -0.2) is 90.0 Å². The minimum absolute atomic E-state index is 0.0288. The molecule has 3 rings (SSSR count). The topological polar surface area (TPSA) is 166 Å². The first kappa shape index (κ1) is 33.1. The van der Waals surface area contributed by atoms with Gasteiger partial charge in [-0.2, -0.15) is 0 Å². The maximum atomic E-state index is 13.4. The second-order valence-corrected chi connectivity index (χ2v) is 10.8. The summed E-state index contributed by atoms with van der Waals surface area (Å²) in [6, 6.07) is 14.6. The lowest BCUT2D eigenvalue weighted by Crippen LogP contribution is -2.60. The summed E-state index contributed by atoms with van der Waals surface area (Å²) in [7, 11) is 0. The number of para-hydroxylation sites is 1. The average molecular weight is 596 g/mol. The maximum Gasteiger partial charge on any atom is 0.245 e. The number of ether oxygens (including phenoxy) is 1. The molecule has 0 unspecified atom stereocenters. The molecule has 0 saturated carbocycles. The van der Waals surface area contributed by atoms with Crippen molar-refractivity contribution in [2.75, 3.05) is 26.2 Å². The minimum Gasteiger partial charge on any atom is -0.493 e. The van der Waals surface area contributed by atoms with Crippen molar-refractivity contribution in [2.45, 2.75) is 57.8 Å². The summed E-state index contributed by atoms with van der Waals surface area (Å²) in [4.78, 5) is 67.3. The molecule has 1 aliphatic rings. The highest BCUT2D eigenvalue weighted by Gasteiger charge is 2.33. The van der Waals surface area contributed by atoms with Crippen molar-refractivity contribution in [1.29, 1.82) is 0 Å². The summed E-state index contributed by atoms with van der Waals surface area (Å²) in [5.41, 5.74) is 0.759. The van der Waals surface area contributed by atoms with E-state index in [4.69, 9.17) is 4.74 Å². The van der Waals surface area contributed by atoms with Crippen molar-refractivity contribution in [3.8, 4) is 5.75 Å². The fraction of sp³-hybridized carbons (Fsp3) is 0.452. The van der Waals surface area contributed by atoms with Gasteiger partial charge in [-0.1, -0.05) is 62.4 Å². The van der Waals surface area contributed by atoms with Crippen LogP contribution >= 0.6 is 0 Å². The highest BCUT2D eigenvalue weighted by atomic mass is 16.5. The Morgan fingerprint density at radius 1 is 0.884 bits per heavy atom. The first-order valence-corrected chi connectivity index (χ1v) is 14.4. The Labute approximate surface area is 251 Å². The molecule has 2 aromatic carbocycles. The summed E-state index contributed by atoms with van der Waals surface area (Å²) >= 11 is 0. The smallest absolute Gasteiger partial charge is 0.245 e. The fourth-order valence-corrected chi connectivity index (χ4v) is 4.55. The van der Waals surface area contributed by atoms with Crippen molar-refractivity contribution in [1.82, 2.24) is 26.2 Å². The van der Waals surface area contributed by atoms with Crippen LogP contribution in [0.3, 0.4) is 0 Å². The predicted octanol–water partition coefficient (Wildman–Crippen LogP) is 0.148. The Hall–Kier alpha value is -4.45. The highest BCUT2D eigenvalue weighted by Crippen LogP contribution is 2.10. The minimum atomic E-state index is -1.32. The van der Waals surface area contributed by atoms with Crippen LogP contribution in [0.4, 0.5) is 0 Å². The van der Waals surface area contributed by atoms with E-state index < -0.39 is 53.8 Å². The lowest BCUT2D eigenvalue weighted by Gasteiger charge is -2.27. The Morgan fingerprint density at radius 2 is 1.53 bits per heavy atom. The molecule has 0 aliphatic carbocycles. The van der Waals surface area contributed by atoms with Gasteiger partial charge in [0.1, 0.15) is 23.9 Å². The third-order valence-electron chi connectivity index (χ3n) is 6.94. The third-order valence-corrected chi connectivity index (χ3v) is 6.94. The van der Waals surface area contributed by atoms with Gasteiger partial charge < -0.3 is 36.0 Å². The summed E-state index contributed by atoms with van der Waals surface area (Å²) in [5.74, 6) is -2.65. The lowest BCUT2D eigenvalue weighted by atomic mass is 10.0. The molecule has 1 aliphatic heterocycles. The number of aliphatic hydroxyl groups excluding tert-OH is 1. The molecule has 1 fully saturated rings. The molecule has 0 radical (unpaired) electrons. The van der Waals surface area contributed by atoms with E-state index in [0.29, 0.717) is 5.75 Å². The van der Waals surface area contributed by atoms with E-state index in [9.17, 15) is 29.1 Å². The fourth-order valence-electron chi connectivity index (χ4n) is 4.55. The van der Waals surface area contributed by atoms with Gasteiger partial charge >= 0.3 is 0 Å². The predicted molar refractivity (Wildman–Crippen MR) is 159 cm³/mol. The first-order valence-electron chi connectivity index (χ1n) is 14.4. The summed E-state index contributed by atoms with van der Waals surface area (Å²) in [6.45, 7) is 4.50. The largest absolute Gasteiger partial charge is 0.493 e. The molecule has 43 heavy (non-hydrogen) atoms. The van der Waals surface area contributed by atoms with Gasteiger partial charge in [0.25, 0.3) is 0 Å². The van der Waals surface area contributed by atoms with Gasteiger partial charge in [-0.3, -0.25) is 24.0 Å². The summed E-state index contributed by atoms with van der Waals surface area (Å²) in [6.07, 6.45) is -1.18. The number of carbonyl (C=O) groups excluding carboxylic acids is 5. The molecule has 0 bridgehead atoms. The zero-order valence-electron chi connectivity index (χ0n) is 24.7. The van der Waals surface area contributed by atoms with Gasteiger partial charge in [0.05, 0.1) is 25.7 Å². The molecule has 0 aromatic heterocycles. The molecule has 232 valence electrons. The van der Waals surface area contributed by atoms with E-state index in [2.05, 4.69) is 21.3 Å². The second-order valence-electron chi connectivity index (χ2n) is 10.8. The number of carbonyl (C=O) groups is 5. The molecule has 2 aromatic rings. The Bertz CT molecular complexity index is 1240. The highest BCUT2D eigenvalue weighted by molar-refractivity contribution is 5.95. The zero-order chi connectivity index (χ0) is 31.4. The molecule has 0 spiro atoms. The Kier molecular flexibility index (Phi) is 12.5. The van der Waals surface area contributed by atoms with E-state index in [1.807, 2.05) is 24.3 Å². The van der Waals surface area contributed by atoms with Crippen molar-refractivity contribution in [2.24, 2.45) is 5.92 Å². The van der Waals surface area contributed by atoms with Gasteiger partial charge in [0.15, 0.2) is 0 Å². The number of nitrogens with one attached hydrogen (secondary N) is 4. The van der Waals surface area contributed by atoms with Gasteiger partial charge in [-0.15, -0.1) is 0 Å². The van der Waals surface area contributed by atoms with Crippen LogP contribution in [0.25, 0.3) is 0 Å². The van der Waals surface area contributed by atoms with E-state index in [1.165, 1.54) is 11.8 Å². The van der Waals surface area contributed by atoms with Gasteiger partial charge in [-0.25, -0.2) is 0 Å². The van der Waals surface area contributed by atoms with Crippen molar-refractivity contribution in [3.05, 3.63) is 66.2 Å². The van der Waals surface area contributed by atoms with Gasteiger partial charge in [0, 0.05) is 19.5 Å². The summed E-state index contributed by atoms with van der Waals surface area (Å²) in [5, 5.41) is 20.9. The van der Waals surface area contributed by atoms with Crippen LogP contribution in [0, 0.1) is 5.92 Å². The molecule has 5 N–H and O–H groups in total.